The maximum atomic E-state index is 8.51. The lowest BCUT2D eigenvalue weighted by atomic mass is 10.3. The molecule has 0 unspecified atom stereocenters. The highest BCUT2D eigenvalue weighted by molar-refractivity contribution is 14.1. The van der Waals surface area contributed by atoms with E-state index in [1.807, 2.05) is 12.1 Å². The van der Waals surface area contributed by atoms with Gasteiger partial charge in [0.15, 0.2) is 0 Å². The van der Waals surface area contributed by atoms with Crippen molar-refractivity contribution in [2.24, 2.45) is 0 Å². The average Bonchev–Trinajstić information content (AvgIpc) is 2.03. The second-order valence-corrected chi connectivity index (χ2v) is 3.50. The first kappa shape index (κ1) is 9.60. The lowest BCUT2D eigenvalue weighted by Crippen LogP contribution is -2.03. The van der Waals surface area contributed by atoms with Crippen LogP contribution in [0.15, 0.2) is 18.2 Å². The van der Waals surface area contributed by atoms with E-state index in [0.717, 1.165) is 3.57 Å². The molecule has 0 aromatic heterocycles. The van der Waals surface area contributed by atoms with E-state index in [-0.39, 0.29) is 13.2 Å². The van der Waals surface area contributed by atoms with E-state index >= 15 is 0 Å². The zero-order valence-corrected chi connectivity index (χ0v) is 8.61. The quantitative estimate of drug-likeness (QED) is 0.646. The number of ether oxygens (including phenoxy) is 1. The minimum atomic E-state index is 0.00538. The van der Waals surface area contributed by atoms with Crippen molar-refractivity contribution in [3.8, 4) is 5.75 Å². The van der Waals surface area contributed by atoms with Crippen LogP contribution in [0.3, 0.4) is 0 Å². The van der Waals surface area contributed by atoms with Gasteiger partial charge in [-0.05, 0) is 40.8 Å². The summed E-state index contributed by atoms with van der Waals surface area (Å²) >= 11 is 2.17. The maximum Gasteiger partial charge on any atom is 0.142 e. The van der Waals surface area contributed by atoms with Gasteiger partial charge in [0.1, 0.15) is 12.4 Å². The van der Waals surface area contributed by atoms with Gasteiger partial charge in [-0.2, -0.15) is 0 Å². The SMILES string of the molecule is Nc1cc(I)ccc1OCCO. The Balaban J connectivity index is 2.72. The van der Waals surface area contributed by atoms with Gasteiger partial charge in [-0.3, -0.25) is 0 Å². The molecule has 0 atom stereocenters. The summed E-state index contributed by atoms with van der Waals surface area (Å²) in [6, 6.07) is 5.53. The van der Waals surface area contributed by atoms with Crippen LogP contribution in [0.25, 0.3) is 0 Å². The van der Waals surface area contributed by atoms with Gasteiger partial charge in [-0.1, -0.05) is 0 Å². The van der Waals surface area contributed by atoms with Crippen LogP contribution in [0.2, 0.25) is 0 Å². The molecule has 0 fully saturated rings. The van der Waals surface area contributed by atoms with Gasteiger partial charge < -0.3 is 15.6 Å². The van der Waals surface area contributed by atoms with E-state index in [1.165, 1.54) is 0 Å². The highest BCUT2D eigenvalue weighted by Crippen LogP contribution is 2.22. The summed E-state index contributed by atoms with van der Waals surface area (Å²) in [5.41, 5.74) is 6.26. The predicted octanol–water partition coefficient (Wildman–Crippen LogP) is 1.24. The zero-order valence-electron chi connectivity index (χ0n) is 6.46. The van der Waals surface area contributed by atoms with Gasteiger partial charge in [-0.15, -0.1) is 0 Å². The molecule has 0 heterocycles. The summed E-state index contributed by atoms with van der Waals surface area (Å²) in [5.74, 6) is 0.629. The smallest absolute Gasteiger partial charge is 0.142 e. The minimum Gasteiger partial charge on any atom is -0.489 e. The van der Waals surface area contributed by atoms with Crippen LogP contribution in [0.5, 0.6) is 5.75 Å². The molecule has 0 bridgehead atoms. The van der Waals surface area contributed by atoms with Crippen molar-refractivity contribution < 1.29 is 9.84 Å². The molecule has 12 heavy (non-hydrogen) atoms. The Labute approximate surface area is 84.7 Å². The van der Waals surface area contributed by atoms with Crippen molar-refractivity contribution in [2.75, 3.05) is 18.9 Å². The normalized spacial score (nSPS) is 9.83. The van der Waals surface area contributed by atoms with Gasteiger partial charge in [0.05, 0.1) is 12.3 Å². The van der Waals surface area contributed by atoms with Gasteiger partial charge >= 0.3 is 0 Å². The molecule has 0 aliphatic carbocycles. The first-order valence-corrected chi connectivity index (χ1v) is 4.60. The standard InChI is InChI=1S/C8H10INO2/c9-6-1-2-8(7(10)5-6)12-4-3-11/h1-2,5,11H,3-4,10H2. The van der Waals surface area contributed by atoms with E-state index < -0.39 is 0 Å². The molecular formula is C8H10INO2. The molecule has 1 aromatic carbocycles. The number of benzene rings is 1. The molecule has 1 aromatic rings. The second-order valence-electron chi connectivity index (χ2n) is 2.25. The van der Waals surface area contributed by atoms with Crippen molar-refractivity contribution in [2.45, 2.75) is 0 Å². The van der Waals surface area contributed by atoms with Gasteiger partial charge in [0, 0.05) is 3.57 Å². The fourth-order valence-electron chi connectivity index (χ4n) is 0.806. The van der Waals surface area contributed by atoms with Gasteiger partial charge in [-0.25, -0.2) is 0 Å². The van der Waals surface area contributed by atoms with Crippen LogP contribution in [0, 0.1) is 3.57 Å². The number of anilines is 1. The van der Waals surface area contributed by atoms with Crippen molar-refractivity contribution in [1.82, 2.24) is 0 Å². The predicted molar refractivity (Wildman–Crippen MR) is 56.2 cm³/mol. The first-order valence-electron chi connectivity index (χ1n) is 3.52. The Morgan fingerprint density at radius 1 is 1.50 bits per heavy atom. The Bertz CT molecular complexity index is 265. The largest absolute Gasteiger partial charge is 0.489 e. The lowest BCUT2D eigenvalue weighted by molar-refractivity contribution is 0.202. The molecule has 4 heteroatoms. The van der Waals surface area contributed by atoms with Crippen LogP contribution in [-0.2, 0) is 0 Å². The maximum absolute atomic E-state index is 8.51. The number of halogens is 1. The van der Waals surface area contributed by atoms with E-state index in [1.54, 1.807) is 6.07 Å². The zero-order chi connectivity index (χ0) is 8.97. The lowest BCUT2D eigenvalue weighted by Gasteiger charge is -2.06. The molecule has 1 rings (SSSR count). The third-order valence-electron chi connectivity index (χ3n) is 1.32. The Kier molecular flexibility index (Phi) is 3.61. The summed E-state index contributed by atoms with van der Waals surface area (Å²) in [6.45, 7) is 0.288. The molecule has 0 radical (unpaired) electrons. The fourth-order valence-corrected chi connectivity index (χ4v) is 1.32. The number of hydrogen-bond acceptors (Lipinski definition) is 3. The van der Waals surface area contributed by atoms with Crippen LogP contribution in [0.1, 0.15) is 0 Å². The summed E-state index contributed by atoms with van der Waals surface area (Å²) in [7, 11) is 0. The Morgan fingerprint density at radius 3 is 2.83 bits per heavy atom. The van der Waals surface area contributed by atoms with E-state index in [0.29, 0.717) is 11.4 Å². The number of hydrogen-bond donors (Lipinski definition) is 2. The first-order chi connectivity index (χ1) is 5.74. The van der Waals surface area contributed by atoms with E-state index in [2.05, 4.69) is 22.6 Å². The summed E-state index contributed by atoms with van der Waals surface area (Å²) in [6.07, 6.45) is 0. The number of aliphatic hydroxyl groups is 1. The molecule has 3 N–H and O–H groups in total. The molecule has 0 saturated carbocycles. The number of rotatable bonds is 3. The van der Waals surface area contributed by atoms with Crippen LogP contribution in [-0.4, -0.2) is 18.3 Å². The molecular weight excluding hydrogens is 269 g/mol. The van der Waals surface area contributed by atoms with Crippen molar-refractivity contribution in [1.29, 1.82) is 0 Å². The topological polar surface area (TPSA) is 55.5 Å². The molecule has 0 aliphatic heterocycles. The summed E-state index contributed by atoms with van der Waals surface area (Å²) < 4.78 is 6.23. The number of aliphatic hydroxyl groups excluding tert-OH is 1. The summed E-state index contributed by atoms with van der Waals surface area (Å²) in [5, 5.41) is 8.51. The number of nitrogen functional groups attached to an aromatic ring is 1. The van der Waals surface area contributed by atoms with Crippen LogP contribution >= 0.6 is 22.6 Å². The molecule has 3 nitrogen and oxygen atoms in total. The highest BCUT2D eigenvalue weighted by Gasteiger charge is 1.99. The molecule has 66 valence electrons. The third kappa shape index (κ3) is 2.53. The second kappa shape index (κ2) is 4.51. The molecule has 0 saturated heterocycles. The van der Waals surface area contributed by atoms with E-state index in [9.17, 15) is 0 Å². The van der Waals surface area contributed by atoms with Crippen molar-refractivity contribution in [3.05, 3.63) is 21.8 Å². The van der Waals surface area contributed by atoms with Crippen LogP contribution < -0.4 is 10.5 Å². The third-order valence-corrected chi connectivity index (χ3v) is 1.99. The fraction of sp³-hybridized carbons (Fsp3) is 0.250. The minimum absolute atomic E-state index is 0.00538. The summed E-state index contributed by atoms with van der Waals surface area (Å²) in [4.78, 5) is 0. The van der Waals surface area contributed by atoms with Crippen molar-refractivity contribution in [3.63, 3.8) is 0 Å². The molecule has 0 aliphatic rings. The van der Waals surface area contributed by atoms with Gasteiger partial charge in [0.25, 0.3) is 0 Å². The Hall–Kier alpha value is -0.490. The van der Waals surface area contributed by atoms with Gasteiger partial charge in [0.2, 0.25) is 0 Å². The monoisotopic (exact) mass is 279 g/mol. The highest BCUT2D eigenvalue weighted by atomic mass is 127. The molecule has 0 amide bonds. The van der Waals surface area contributed by atoms with Crippen molar-refractivity contribution >= 4 is 28.3 Å². The number of nitrogens with two attached hydrogens (primary N) is 1. The average molecular weight is 279 g/mol. The molecule has 0 spiro atoms. The van der Waals surface area contributed by atoms with Crippen LogP contribution in [0.4, 0.5) is 5.69 Å². The van der Waals surface area contributed by atoms with E-state index in [4.69, 9.17) is 15.6 Å². The Morgan fingerprint density at radius 2 is 2.25 bits per heavy atom.